The molecule has 1 saturated carbocycles. The van der Waals surface area contributed by atoms with Crippen LogP contribution in [0.3, 0.4) is 0 Å². The molecule has 2 fully saturated rings. The number of halogens is 1. The second-order valence-corrected chi connectivity index (χ2v) is 6.35. The molecule has 3 rings (SSSR count). The van der Waals surface area contributed by atoms with E-state index in [1.165, 1.54) is 0 Å². The van der Waals surface area contributed by atoms with E-state index in [0.29, 0.717) is 24.0 Å². The first-order valence-corrected chi connectivity index (χ1v) is 7.66. The summed E-state index contributed by atoms with van der Waals surface area (Å²) < 4.78 is 5.44. The molecule has 20 heavy (non-hydrogen) atoms. The summed E-state index contributed by atoms with van der Waals surface area (Å²) in [5, 5.41) is 0.590. The van der Waals surface area contributed by atoms with Gasteiger partial charge in [0.1, 0.15) is 5.54 Å². The van der Waals surface area contributed by atoms with Crippen molar-refractivity contribution in [2.45, 2.75) is 31.2 Å². The zero-order valence-electron chi connectivity index (χ0n) is 11.5. The minimum Gasteiger partial charge on any atom is -0.381 e. The van der Waals surface area contributed by atoms with E-state index in [-0.39, 0.29) is 11.7 Å². The summed E-state index contributed by atoms with van der Waals surface area (Å²) in [6.07, 6.45) is 3.54. The molecule has 4 heteroatoms. The van der Waals surface area contributed by atoms with E-state index in [9.17, 15) is 4.79 Å². The lowest BCUT2D eigenvalue weighted by Crippen LogP contribution is -2.52. The first-order chi connectivity index (χ1) is 9.63. The Hall–Kier alpha value is -0.900. The highest BCUT2D eigenvalue weighted by atomic mass is 35.5. The Morgan fingerprint density at radius 3 is 2.80 bits per heavy atom. The number of nitrogens with two attached hydrogens (primary N) is 1. The van der Waals surface area contributed by atoms with E-state index in [0.717, 1.165) is 31.4 Å². The highest BCUT2D eigenvalue weighted by molar-refractivity contribution is 6.31. The van der Waals surface area contributed by atoms with Crippen LogP contribution in [-0.2, 0) is 15.1 Å². The summed E-state index contributed by atoms with van der Waals surface area (Å²) in [7, 11) is 0. The number of ether oxygens (including phenoxy) is 1. The van der Waals surface area contributed by atoms with Crippen LogP contribution in [0.1, 0.15) is 31.2 Å². The van der Waals surface area contributed by atoms with Crippen LogP contribution in [0.5, 0.6) is 0 Å². The SMILES string of the molecule is NC1(c2ccccc2Cl)CCCC(C2CCOC2)C1=O. The summed E-state index contributed by atoms with van der Waals surface area (Å²) in [5.74, 6) is 0.494. The highest BCUT2D eigenvalue weighted by Crippen LogP contribution is 2.42. The molecule has 2 N–H and O–H groups in total. The van der Waals surface area contributed by atoms with E-state index < -0.39 is 5.54 Å². The van der Waals surface area contributed by atoms with Crippen molar-refractivity contribution in [3.05, 3.63) is 34.9 Å². The molecule has 0 aromatic heterocycles. The second kappa shape index (κ2) is 5.47. The number of hydrogen-bond donors (Lipinski definition) is 1. The van der Waals surface area contributed by atoms with E-state index in [1.54, 1.807) is 6.07 Å². The topological polar surface area (TPSA) is 52.3 Å². The van der Waals surface area contributed by atoms with Gasteiger partial charge in [0.05, 0.1) is 6.61 Å². The van der Waals surface area contributed by atoms with E-state index in [1.807, 2.05) is 18.2 Å². The lowest BCUT2D eigenvalue weighted by molar-refractivity contribution is -0.133. The van der Waals surface area contributed by atoms with Crippen LogP contribution in [0.25, 0.3) is 0 Å². The minimum atomic E-state index is -0.927. The van der Waals surface area contributed by atoms with Gasteiger partial charge in [-0.1, -0.05) is 36.2 Å². The molecule has 3 unspecified atom stereocenters. The molecule has 1 aliphatic heterocycles. The molecule has 2 aliphatic rings. The summed E-state index contributed by atoms with van der Waals surface area (Å²) in [6, 6.07) is 7.45. The Labute approximate surface area is 124 Å². The number of benzene rings is 1. The van der Waals surface area contributed by atoms with Gasteiger partial charge in [0.25, 0.3) is 0 Å². The largest absolute Gasteiger partial charge is 0.381 e. The van der Waals surface area contributed by atoms with Crippen LogP contribution in [0.4, 0.5) is 0 Å². The number of Topliss-reactive ketones (excluding diaryl/α,β-unsaturated/α-hetero) is 1. The average Bonchev–Trinajstić information content (AvgIpc) is 2.96. The van der Waals surface area contributed by atoms with Gasteiger partial charge in [0.15, 0.2) is 5.78 Å². The summed E-state index contributed by atoms with van der Waals surface area (Å²) in [5.41, 5.74) is 6.35. The fraction of sp³-hybridized carbons (Fsp3) is 0.562. The summed E-state index contributed by atoms with van der Waals surface area (Å²) in [4.78, 5) is 12.9. The Balaban J connectivity index is 1.92. The summed E-state index contributed by atoms with van der Waals surface area (Å²) in [6.45, 7) is 1.45. The number of carbonyl (C=O) groups is 1. The smallest absolute Gasteiger partial charge is 0.160 e. The predicted molar refractivity (Wildman–Crippen MR) is 78.6 cm³/mol. The van der Waals surface area contributed by atoms with Crippen molar-refractivity contribution in [3.63, 3.8) is 0 Å². The molecule has 0 spiro atoms. The van der Waals surface area contributed by atoms with Gasteiger partial charge in [-0.25, -0.2) is 0 Å². The molecule has 1 saturated heterocycles. The zero-order valence-corrected chi connectivity index (χ0v) is 12.2. The molecule has 1 aromatic rings. The van der Waals surface area contributed by atoms with Crippen LogP contribution in [-0.4, -0.2) is 19.0 Å². The Bertz CT molecular complexity index is 513. The van der Waals surface area contributed by atoms with E-state index >= 15 is 0 Å². The zero-order chi connectivity index (χ0) is 14.2. The van der Waals surface area contributed by atoms with Crippen molar-refractivity contribution < 1.29 is 9.53 Å². The minimum absolute atomic E-state index is 0.0209. The molecule has 3 atom stereocenters. The van der Waals surface area contributed by atoms with Crippen molar-refractivity contribution in [2.75, 3.05) is 13.2 Å². The maximum atomic E-state index is 12.9. The van der Waals surface area contributed by atoms with Crippen molar-refractivity contribution in [2.24, 2.45) is 17.6 Å². The lowest BCUT2D eigenvalue weighted by Gasteiger charge is -2.39. The molecule has 3 nitrogen and oxygen atoms in total. The van der Waals surface area contributed by atoms with Gasteiger partial charge >= 0.3 is 0 Å². The number of rotatable bonds is 2. The molecule has 1 heterocycles. The third kappa shape index (κ3) is 2.28. The van der Waals surface area contributed by atoms with Crippen LogP contribution in [0, 0.1) is 11.8 Å². The van der Waals surface area contributed by atoms with Gasteiger partial charge in [-0.2, -0.15) is 0 Å². The van der Waals surface area contributed by atoms with Gasteiger partial charge in [0, 0.05) is 17.5 Å². The predicted octanol–water partition coefficient (Wildman–Crippen LogP) is 2.90. The van der Waals surface area contributed by atoms with Gasteiger partial charge in [-0.3, -0.25) is 4.79 Å². The molecule has 0 amide bonds. The molecule has 0 bridgehead atoms. The molecule has 1 aliphatic carbocycles. The maximum absolute atomic E-state index is 12.9. The van der Waals surface area contributed by atoms with Crippen molar-refractivity contribution in [3.8, 4) is 0 Å². The van der Waals surface area contributed by atoms with Crippen LogP contribution in [0.15, 0.2) is 24.3 Å². The van der Waals surface area contributed by atoms with E-state index in [2.05, 4.69) is 0 Å². The van der Waals surface area contributed by atoms with Crippen molar-refractivity contribution >= 4 is 17.4 Å². The third-order valence-corrected chi connectivity index (χ3v) is 5.08. The quantitative estimate of drug-likeness (QED) is 0.912. The summed E-state index contributed by atoms with van der Waals surface area (Å²) >= 11 is 6.26. The Morgan fingerprint density at radius 2 is 2.10 bits per heavy atom. The van der Waals surface area contributed by atoms with Crippen molar-refractivity contribution in [1.82, 2.24) is 0 Å². The number of carbonyl (C=O) groups excluding carboxylic acids is 1. The normalized spacial score (nSPS) is 34.4. The standard InChI is InChI=1S/C16H20ClNO2/c17-14-6-2-1-5-13(14)16(18)8-3-4-12(15(16)19)11-7-9-20-10-11/h1-2,5-6,11-12H,3-4,7-10,18H2. The number of hydrogen-bond acceptors (Lipinski definition) is 3. The van der Waals surface area contributed by atoms with E-state index in [4.69, 9.17) is 22.1 Å². The maximum Gasteiger partial charge on any atom is 0.160 e. The van der Waals surface area contributed by atoms with Crippen LogP contribution >= 0.6 is 11.6 Å². The first kappa shape index (κ1) is 14.1. The third-order valence-electron chi connectivity index (χ3n) is 4.75. The molecule has 0 radical (unpaired) electrons. The lowest BCUT2D eigenvalue weighted by atomic mass is 9.67. The molecular weight excluding hydrogens is 274 g/mol. The number of ketones is 1. The molecule has 1 aromatic carbocycles. The van der Waals surface area contributed by atoms with Gasteiger partial charge in [-0.15, -0.1) is 0 Å². The molecular formula is C16H20ClNO2. The van der Waals surface area contributed by atoms with Gasteiger partial charge in [0.2, 0.25) is 0 Å². The Morgan fingerprint density at radius 1 is 1.30 bits per heavy atom. The Kier molecular flexibility index (Phi) is 3.85. The second-order valence-electron chi connectivity index (χ2n) is 5.94. The van der Waals surface area contributed by atoms with Gasteiger partial charge in [-0.05, 0) is 36.8 Å². The highest BCUT2D eigenvalue weighted by Gasteiger charge is 2.46. The monoisotopic (exact) mass is 293 g/mol. The van der Waals surface area contributed by atoms with Crippen LogP contribution < -0.4 is 5.73 Å². The van der Waals surface area contributed by atoms with Crippen molar-refractivity contribution in [1.29, 1.82) is 0 Å². The van der Waals surface area contributed by atoms with Gasteiger partial charge < -0.3 is 10.5 Å². The van der Waals surface area contributed by atoms with Crippen LogP contribution in [0.2, 0.25) is 5.02 Å². The fourth-order valence-electron chi connectivity index (χ4n) is 3.60. The average molecular weight is 294 g/mol. The first-order valence-electron chi connectivity index (χ1n) is 7.29. The fourth-order valence-corrected chi connectivity index (χ4v) is 3.90. The molecule has 108 valence electrons.